The van der Waals surface area contributed by atoms with Crippen LogP contribution in [0, 0.1) is 12.8 Å². The molecule has 1 fully saturated rings. The lowest BCUT2D eigenvalue weighted by atomic mass is 10.2. The molecule has 2 rings (SSSR count). The zero-order valence-electron chi connectivity index (χ0n) is 7.75. The molecule has 1 aromatic heterocycles. The van der Waals surface area contributed by atoms with Gasteiger partial charge in [-0.2, -0.15) is 0 Å². The van der Waals surface area contributed by atoms with Gasteiger partial charge in [0.25, 0.3) is 5.22 Å². The predicted octanol–water partition coefficient (Wildman–Crippen LogP) is 1.68. The summed E-state index contributed by atoms with van der Waals surface area (Å²) in [5, 5.41) is 4.16. The predicted molar refractivity (Wildman–Crippen MR) is 52.9 cm³/mol. The van der Waals surface area contributed by atoms with Crippen molar-refractivity contribution in [2.45, 2.75) is 18.6 Å². The summed E-state index contributed by atoms with van der Waals surface area (Å²) in [5.41, 5.74) is 0.965. The Kier molecular flexibility index (Phi) is 2.90. The summed E-state index contributed by atoms with van der Waals surface area (Å²) in [7, 11) is 0. The number of aromatic nitrogens is 1. The van der Waals surface area contributed by atoms with Crippen LogP contribution in [0.15, 0.2) is 15.9 Å². The van der Waals surface area contributed by atoms with Crippen molar-refractivity contribution < 1.29 is 4.42 Å². The maximum atomic E-state index is 5.26. The van der Waals surface area contributed by atoms with Gasteiger partial charge in [-0.3, -0.25) is 0 Å². The topological polar surface area (TPSA) is 38.1 Å². The molecule has 1 atom stereocenters. The molecule has 72 valence electrons. The van der Waals surface area contributed by atoms with Gasteiger partial charge in [-0.15, -0.1) is 0 Å². The molecule has 0 bridgehead atoms. The first-order valence-corrected chi connectivity index (χ1v) is 5.59. The Labute approximate surface area is 82.3 Å². The Morgan fingerprint density at radius 1 is 1.77 bits per heavy atom. The average molecular weight is 198 g/mol. The van der Waals surface area contributed by atoms with E-state index in [2.05, 4.69) is 10.3 Å². The van der Waals surface area contributed by atoms with Crippen LogP contribution in [0.4, 0.5) is 0 Å². The fraction of sp³-hybridized carbons (Fsp3) is 0.667. The van der Waals surface area contributed by atoms with Gasteiger partial charge in [0.1, 0.15) is 6.26 Å². The smallest absolute Gasteiger partial charge is 0.255 e. The molecule has 2 heterocycles. The highest BCUT2D eigenvalue weighted by Crippen LogP contribution is 2.22. The van der Waals surface area contributed by atoms with Crippen LogP contribution in [0.2, 0.25) is 0 Å². The van der Waals surface area contributed by atoms with Gasteiger partial charge in [0.15, 0.2) is 0 Å². The van der Waals surface area contributed by atoms with Crippen molar-refractivity contribution >= 4 is 11.8 Å². The lowest BCUT2D eigenvalue weighted by Crippen LogP contribution is -2.10. The minimum absolute atomic E-state index is 0.789. The second kappa shape index (κ2) is 4.15. The van der Waals surface area contributed by atoms with E-state index in [9.17, 15) is 0 Å². The maximum Gasteiger partial charge on any atom is 0.255 e. The molecule has 1 unspecified atom stereocenters. The first kappa shape index (κ1) is 9.09. The normalized spacial score (nSPS) is 22.4. The van der Waals surface area contributed by atoms with Crippen molar-refractivity contribution in [1.29, 1.82) is 0 Å². The van der Waals surface area contributed by atoms with E-state index in [1.807, 2.05) is 6.92 Å². The molecule has 0 saturated carbocycles. The van der Waals surface area contributed by atoms with Gasteiger partial charge >= 0.3 is 0 Å². The number of hydrogen-bond donors (Lipinski definition) is 1. The van der Waals surface area contributed by atoms with Gasteiger partial charge in [0.05, 0.1) is 5.69 Å². The quantitative estimate of drug-likeness (QED) is 0.750. The zero-order chi connectivity index (χ0) is 9.10. The highest BCUT2D eigenvalue weighted by molar-refractivity contribution is 7.99. The molecule has 0 aromatic carbocycles. The van der Waals surface area contributed by atoms with E-state index in [0.717, 1.165) is 35.7 Å². The molecular weight excluding hydrogens is 184 g/mol. The lowest BCUT2D eigenvalue weighted by molar-refractivity contribution is 0.453. The summed E-state index contributed by atoms with van der Waals surface area (Å²) in [6.07, 6.45) is 2.99. The Bertz CT molecular complexity index is 268. The number of nitrogens with zero attached hydrogens (tertiary/aromatic N) is 1. The summed E-state index contributed by atoms with van der Waals surface area (Å²) in [6, 6.07) is 0. The van der Waals surface area contributed by atoms with E-state index in [0.29, 0.717) is 0 Å². The lowest BCUT2D eigenvalue weighted by Gasteiger charge is -2.03. The van der Waals surface area contributed by atoms with Crippen LogP contribution < -0.4 is 5.32 Å². The Balaban J connectivity index is 1.78. The summed E-state index contributed by atoms with van der Waals surface area (Å²) in [5.74, 6) is 1.91. The van der Waals surface area contributed by atoms with E-state index in [1.54, 1.807) is 18.0 Å². The van der Waals surface area contributed by atoms with Crippen molar-refractivity contribution in [2.75, 3.05) is 18.8 Å². The number of rotatable bonds is 3. The van der Waals surface area contributed by atoms with Crippen molar-refractivity contribution in [3.63, 3.8) is 0 Å². The monoisotopic (exact) mass is 198 g/mol. The Hall–Kier alpha value is -0.480. The molecule has 0 aliphatic carbocycles. The molecule has 13 heavy (non-hydrogen) atoms. The van der Waals surface area contributed by atoms with Crippen molar-refractivity contribution in [3.05, 3.63) is 12.0 Å². The third-order valence-electron chi connectivity index (χ3n) is 2.20. The molecule has 3 nitrogen and oxygen atoms in total. The van der Waals surface area contributed by atoms with Gasteiger partial charge in [-0.05, 0) is 32.4 Å². The summed E-state index contributed by atoms with van der Waals surface area (Å²) >= 11 is 1.72. The van der Waals surface area contributed by atoms with Gasteiger partial charge in [-0.25, -0.2) is 4.98 Å². The molecule has 1 aromatic rings. The number of oxazole rings is 1. The van der Waals surface area contributed by atoms with E-state index in [1.165, 1.54) is 6.42 Å². The number of thioether (sulfide) groups is 1. The number of hydrogen-bond acceptors (Lipinski definition) is 4. The van der Waals surface area contributed by atoms with Gasteiger partial charge < -0.3 is 9.73 Å². The molecule has 1 N–H and O–H groups in total. The van der Waals surface area contributed by atoms with Crippen LogP contribution in [0.1, 0.15) is 12.1 Å². The average Bonchev–Trinajstić information content (AvgIpc) is 2.71. The molecule has 0 radical (unpaired) electrons. The van der Waals surface area contributed by atoms with E-state index < -0.39 is 0 Å². The molecular formula is C9H14N2OS. The van der Waals surface area contributed by atoms with Gasteiger partial charge in [0.2, 0.25) is 0 Å². The largest absolute Gasteiger partial charge is 0.440 e. The summed E-state index contributed by atoms with van der Waals surface area (Å²) in [6.45, 7) is 4.26. The first-order chi connectivity index (χ1) is 6.34. The highest BCUT2D eigenvalue weighted by atomic mass is 32.2. The Morgan fingerprint density at radius 2 is 2.69 bits per heavy atom. The fourth-order valence-electron chi connectivity index (χ4n) is 1.44. The van der Waals surface area contributed by atoms with Crippen LogP contribution in [0.5, 0.6) is 0 Å². The molecule has 1 aliphatic rings. The van der Waals surface area contributed by atoms with Crippen LogP contribution >= 0.6 is 11.8 Å². The van der Waals surface area contributed by atoms with Crippen molar-refractivity contribution in [1.82, 2.24) is 10.3 Å². The van der Waals surface area contributed by atoms with Crippen molar-refractivity contribution in [2.24, 2.45) is 5.92 Å². The number of nitrogens with one attached hydrogen (secondary N) is 1. The third-order valence-corrected chi connectivity index (χ3v) is 3.28. The van der Waals surface area contributed by atoms with Gasteiger partial charge in [0, 0.05) is 5.75 Å². The van der Waals surface area contributed by atoms with E-state index in [4.69, 9.17) is 4.42 Å². The maximum absolute atomic E-state index is 5.26. The first-order valence-electron chi connectivity index (χ1n) is 4.60. The fourth-order valence-corrected chi connectivity index (χ4v) is 2.43. The SMILES string of the molecule is Cc1coc(SCC2CCNC2)n1. The number of aryl methyl sites for hydroxylation is 1. The minimum Gasteiger partial charge on any atom is -0.440 e. The van der Waals surface area contributed by atoms with Crippen LogP contribution in [0.3, 0.4) is 0 Å². The van der Waals surface area contributed by atoms with E-state index in [-0.39, 0.29) is 0 Å². The van der Waals surface area contributed by atoms with Crippen molar-refractivity contribution in [3.8, 4) is 0 Å². The zero-order valence-corrected chi connectivity index (χ0v) is 8.56. The van der Waals surface area contributed by atoms with Crippen LogP contribution in [0.25, 0.3) is 0 Å². The standard InChI is InChI=1S/C9H14N2OS/c1-7-5-12-9(11-7)13-6-8-2-3-10-4-8/h5,8,10H,2-4,6H2,1H3. The summed E-state index contributed by atoms with van der Waals surface area (Å²) < 4.78 is 5.26. The van der Waals surface area contributed by atoms with Crippen LogP contribution in [-0.4, -0.2) is 23.8 Å². The molecule has 1 aliphatic heterocycles. The molecule has 1 saturated heterocycles. The minimum atomic E-state index is 0.789. The van der Waals surface area contributed by atoms with Crippen LogP contribution in [-0.2, 0) is 0 Å². The second-order valence-corrected chi connectivity index (χ2v) is 4.40. The van der Waals surface area contributed by atoms with E-state index >= 15 is 0 Å². The third kappa shape index (κ3) is 2.48. The highest BCUT2D eigenvalue weighted by Gasteiger charge is 2.15. The summed E-state index contributed by atoms with van der Waals surface area (Å²) in [4.78, 5) is 4.25. The molecule has 0 spiro atoms. The molecule has 4 heteroatoms. The second-order valence-electron chi connectivity index (χ2n) is 3.42. The molecule has 0 amide bonds. The Morgan fingerprint density at radius 3 is 3.31 bits per heavy atom. The van der Waals surface area contributed by atoms with Gasteiger partial charge in [-0.1, -0.05) is 11.8 Å².